The highest BCUT2D eigenvalue weighted by Crippen LogP contribution is 2.26. The summed E-state index contributed by atoms with van der Waals surface area (Å²) in [7, 11) is 0. The number of rotatable bonds is 3. The van der Waals surface area contributed by atoms with Gasteiger partial charge in [0, 0.05) is 5.02 Å². The number of benzene rings is 2. The van der Waals surface area contributed by atoms with Gasteiger partial charge in [-0.2, -0.15) is 19.9 Å². The van der Waals surface area contributed by atoms with E-state index in [-0.39, 0.29) is 6.15 Å². The lowest BCUT2D eigenvalue weighted by atomic mass is 10.1. The molecule has 0 atom stereocenters. The number of aromatic amines is 1. The number of hydrogen-bond acceptors (Lipinski definition) is 5. The molecule has 1 aromatic heterocycles. The van der Waals surface area contributed by atoms with Crippen LogP contribution in [0.2, 0.25) is 5.02 Å². The van der Waals surface area contributed by atoms with Crippen molar-refractivity contribution >= 4 is 17.8 Å². The first-order valence-electron chi connectivity index (χ1n) is 6.12. The van der Waals surface area contributed by atoms with Crippen LogP contribution in [0.1, 0.15) is 0 Å². The average Bonchev–Trinajstić information content (AvgIpc) is 3.02. The predicted molar refractivity (Wildman–Crippen MR) is 78.4 cm³/mol. The van der Waals surface area contributed by atoms with Crippen LogP contribution in [0.5, 0.6) is 11.6 Å². The Morgan fingerprint density at radius 2 is 1.77 bits per heavy atom. The molecule has 0 aliphatic heterocycles. The van der Waals surface area contributed by atoms with E-state index in [0.717, 1.165) is 16.1 Å². The molecule has 3 rings (SSSR count). The van der Waals surface area contributed by atoms with Crippen LogP contribution in [0.4, 0.5) is 0 Å². The number of hydrogen-bond donors (Lipinski definition) is 1. The Balaban J connectivity index is 0.000000545. The van der Waals surface area contributed by atoms with Crippen molar-refractivity contribution in [3.05, 3.63) is 59.8 Å². The number of nitrogens with one attached hydrogen (secondary N) is 1. The lowest BCUT2D eigenvalue weighted by molar-refractivity contribution is -0.191. The largest absolute Gasteiger partial charge is 0.436 e. The van der Waals surface area contributed by atoms with Crippen LogP contribution in [0.3, 0.4) is 0 Å². The van der Waals surface area contributed by atoms with Gasteiger partial charge in [-0.05, 0) is 35.4 Å². The molecule has 0 unspecified atom stereocenters. The summed E-state index contributed by atoms with van der Waals surface area (Å²) in [5.41, 5.74) is 2.15. The number of halogens is 1. The van der Waals surface area contributed by atoms with Crippen LogP contribution in [-0.2, 0) is 9.59 Å². The molecule has 2 aromatic carbocycles. The number of carbonyl (C=O) groups excluding carboxylic acids is 2. The summed E-state index contributed by atoms with van der Waals surface area (Å²) < 4.78 is 5.50. The van der Waals surface area contributed by atoms with Gasteiger partial charge in [0.1, 0.15) is 11.9 Å². The maximum absolute atomic E-state index is 8.12. The van der Waals surface area contributed by atoms with E-state index in [4.69, 9.17) is 25.9 Å². The van der Waals surface area contributed by atoms with Crippen LogP contribution in [0, 0.1) is 0 Å². The van der Waals surface area contributed by atoms with Crippen LogP contribution >= 0.6 is 11.6 Å². The molecule has 1 heterocycles. The normalized spacial score (nSPS) is 9.32. The van der Waals surface area contributed by atoms with Gasteiger partial charge in [-0.3, -0.25) is 0 Å². The zero-order valence-electron chi connectivity index (χ0n) is 11.2. The molecular formula is C15H10ClN3O3. The van der Waals surface area contributed by atoms with Crippen LogP contribution in [0.15, 0.2) is 54.7 Å². The summed E-state index contributed by atoms with van der Waals surface area (Å²) in [6, 6.07) is 15.4. The van der Waals surface area contributed by atoms with Crippen LogP contribution in [-0.4, -0.2) is 21.6 Å². The molecule has 0 aliphatic carbocycles. The average molecular weight is 316 g/mol. The molecular weight excluding hydrogens is 306 g/mol. The van der Waals surface area contributed by atoms with Crippen molar-refractivity contribution in [3.63, 3.8) is 0 Å². The van der Waals surface area contributed by atoms with Gasteiger partial charge in [0.05, 0.1) is 0 Å². The van der Waals surface area contributed by atoms with Crippen molar-refractivity contribution in [1.82, 2.24) is 15.4 Å². The second-order valence-electron chi connectivity index (χ2n) is 4.03. The fourth-order valence-corrected chi connectivity index (χ4v) is 1.93. The number of nitrogens with zero attached hydrogens (tertiary/aromatic N) is 2. The van der Waals surface area contributed by atoms with E-state index in [1.807, 2.05) is 48.5 Å². The van der Waals surface area contributed by atoms with E-state index >= 15 is 0 Å². The van der Waals surface area contributed by atoms with E-state index in [2.05, 4.69) is 15.4 Å². The summed E-state index contributed by atoms with van der Waals surface area (Å²) in [4.78, 5) is 16.2. The minimum atomic E-state index is 0.250. The molecule has 0 spiro atoms. The van der Waals surface area contributed by atoms with Gasteiger partial charge in [0.2, 0.25) is 0 Å². The molecule has 0 aliphatic rings. The Labute approximate surface area is 130 Å². The number of aromatic nitrogens is 3. The maximum atomic E-state index is 8.12. The third-order valence-corrected chi connectivity index (χ3v) is 2.86. The van der Waals surface area contributed by atoms with E-state index in [9.17, 15) is 0 Å². The smallest absolute Gasteiger partial charge is 0.373 e. The minimum Gasteiger partial charge on any atom is -0.436 e. The zero-order valence-corrected chi connectivity index (χ0v) is 11.9. The van der Waals surface area contributed by atoms with Crippen molar-refractivity contribution in [3.8, 4) is 22.8 Å². The summed E-state index contributed by atoms with van der Waals surface area (Å²) in [6.45, 7) is 0. The lowest BCUT2D eigenvalue weighted by Crippen LogP contribution is -1.84. The van der Waals surface area contributed by atoms with Gasteiger partial charge >= 0.3 is 6.15 Å². The molecule has 7 heteroatoms. The molecule has 0 bridgehead atoms. The third kappa shape index (κ3) is 4.28. The van der Waals surface area contributed by atoms with Gasteiger partial charge in [0.15, 0.2) is 0 Å². The monoisotopic (exact) mass is 315 g/mol. The molecule has 3 aromatic rings. The first-order valence-corrected chi connectivity index (χ1v) is 6.49. The molecule has 110 valence electrons. The Morgan fingerprint density at radius 3 is 2.36 bits per heavy atom. The molecule has 6 nitrogen and oxygen atoms in total. The standard InChI is InChI=1S/C14H10ClN3O.CO2/c15-12-3-1-2-11(8-12)10-4-6-13(7-5-10)19-14-9-16-18-17-14;2-1-3/h1-9H,(H,16,17,18);. The van der Waals surface area contributed by atoms with Gasteiger partial charge in [-0.15, -0.1) is 5.10 Å². The van der Waals surface area contributed by atoms with E-state index < -0.39 is 0 Å². The second kappa shape index (κ2) is 7.73. The lowest BCUT2D eigenvalue weighted by Gasteiger charge is -2.04. The molecule has 0 fully saturated rings. The Morgan fingerprint density at radius 1 is 1.05 bits per heavy atom. The Bertz CT molecular complexity index is 752. The van der Waals surface area contributed by atoms with E-state index in [1.54, 1.807) is 0 Å². The highest BCUT2D eigenvalue weighted by Gasteiger charge is 2.02. The van der Waals surface area contributed by atoms with Gasteiger partial charge in [-0.1, -0.05) is 35.9 Å². The molecule has 22 heavy (non-hydrogen) atoms. The Hall–Kier alpha value is -2.95. The number of ether oxygens (including phenoxy) is 1. The predicted octanol–water partition coefficient (Wildman–Crippen LogP) is 3.33. The van der Waals surface area contributed by atoms with Crippen molar-refractivity contribution in [1.29, 1.82) is 0 Å². The summed E-state index contributed by atoms with van der Waals surface area (Å²) in [5, 5.41) is 10.7. The first kappa shape index (κ1) is 15.4. The third-order valence-electron chi connectivity index (χ3n) is 2.63. The molecule has 1 N–H and O–H groups in total. The highest BCUT2D eigenvalue weighted by molar-refractivity contribution is 6.30. The van der Waals surface area contributed by atoms with Gasteiger partial charge in [-0.25, -0.2) is 0 Å². The van der Waals surface area contributed by atoms with Crippen molar-refractivity contribution in [2.24, 2.45) is 0 Å². The van der Waals surface area contributed by atoms with Crippen molar-refractivity contribution in [2.75, 3.05) is 0 Å². The SMILES string of the molecule is Clc1cccc(-c2ccc(Oc3cn[nH]n3)cc2)c1.O=C=O. The van der Waals surface area contributed by atoms with Crippen LogP contribution in [0.25, 0.3) is 11.1 Å². The summed E-state index contributed by atoms with van der Waals surface area (Å²) >= 11 is 5.98. The second-order valence-corrected chi connectivity index (χ2v) is 4.46. The van der Waals surface area contributed by atoms with Crippen molar-refractivity contribution < 1.29 is 14.3 Å². The zero-order chi connectivity index (χ0) is 15.8. The van der Waals surface area contributed by atoms with Gasteiger partial charge < -0.3 is 4.74 Å². The minimum absolute atomic E-state index is 0.250. The maximum Gasteiger partial charge on any atom is 0.373 e. The summed E-state index contributed by atoms with van der Waals surface area (Å²) in [6.07, 6.45) is 1.77. The highest BCUT2D eigenvalue weighted by atomic mass is 35.5. The fourth-order valence-electron chi connectivity index (χ4n) is 1.74. The quantitative estimate of drug-likeness (QED) is 0.801. The molecule has 0 radical (unpaired) electrons. The fraction of sp³-hybridized carbons (Fsp3) is 0. The summed E-state index contributed by atoms with van der Waals surface area (Å²) in [5.74, 6) is 1.15. The van der Waals surface area contributed by atoms with E-state index in [0.29, 0.717) is 11.6 Å². The molecule has 0 amide bonds. The van der Waals surface area contributed by atoms with E-state index in [1.165, 1.54) is 6.20 Å². The molecule has 0 saturated carbocycles. The van der Waals surface area contributed by atoms with Crippen LogP contribution < -0.4 is 4.74 Å². The van der Waals surface area contributed by atoms with Crippen molar-refractivity contribution in [2.45, 2.75) is 0 Å². The molecule has 0 saturated heterocycles. The number of H-pyrrole nitrogens is 1. The topological polar surface area (TPSA) is 84.9 Å². The van der Waals surface area contributed by atoms with Gasteiger partial charge in [0.25, 0.3) is 5.88 Å². The Kier molecular flexibility index (Phi) is 5.43. The first-order chi connectivity index (χ1) is 10.7.